The van der Waals surface area contributed by atoms with Crippen molar-refractivity contribution in [3.8, 4) is 0 Å². The summed E-state index contributed by atoms with van der Waals surface area (Å²) in [5, 5.41) is 3.60. The first-order valence-electron chi connectivity index (χ1n) is 4.04. The van der Waals surface area contributed by atoms with Crippen LogP contribution in [0, 0.1) is 0 Å². The van der Waals surface area contributed by atoms with Gasteiger partial charge in [-0.1, -0.05) is 25.4 Å². The minimum absolute atomic E-state index is 0.399. The molecule has 0 bridgehead atoms. The molecule has 1 heterocycles. The van der Waals surface area contributed by atoms with Gasteiger partial charge in [0.05, 0.1) is 12.2 Å². The fraction of sp³-hybridized carbons (Fsp3) is 0.625. The number of hydrogen-bond donors (Lipinski definition) is 2. The molecule has 12 heavy (non-hydrogen) atoms. The zero-order valence-corrected chi connectivity index (χ0v) is 8.37. The Kier molecular flexibility index (Phi) is 3.12. The van der Waals surface area contributed by atoms with Crippen LogP contribution in [0.1, 0.15) is 31.3 Å². The van der Waals surface area contributed by atoms with E-state index in [1.54, 1.807) is 0 Å². The van der Waals surface area contributed by atoms with Crippen molar-refractivity contribution in [3.05, 3.63) is 16.7 Å². The summed E-state index contributed by atoms with van der Waals surface area (Å²) in [6.45, 7) is 4.90. The lowest BCUT2D eigenvalue weighted by Gasteiger charge is -1.99. The highest BCUT2D eigenvalue weighted by Crippen LogP contribution is 2.20. The first kappa shape index (κ1) is 9.55. The number of aromatic amines is 1. The molecular weight excluding hydrogens is 174 g/mol. The summed E-state index contributed by atoms with van der Waals surface area (Å²) in [4.78, 5) is 7.35. The highest BCUT2D eigenvalue weighted by atomic mass is 35.5. The molecule has 0 radical (unpaired) electrons. The minimum Gasteiger partial charge on any atom is -0.343 e. The van der Waals surface area contributed by atoms with Crippen molar-refractivity contribution in [2.75, 3.05) is 7.05 Å². The van der Waals surface area contributed by atoms with Crippen molar-refractivity contribution in [2.24, 2.45) is 0 Å². The standard InChI is InChI=1S/C8H14ClN3/c1-5(2)7-8(9)12-6(11-7)4-10-3/h5,10H,4H2,1-3H3,(H,11,12). The highest BCUT2D eigenvalue weighted by Gasteiger charge is 2.10. The third kappa shape index (κ3) is 1.99. The van der Waals surface area contributed by atoms with E-state index in [0.717, 1.165) is 18.1 Å². The van der Waals surface area contributed by atoms with Gasteiger partial charge in [-0.15, -0.1) is 0 Å². The summed E-state index contributed by atoms with van der Waals surface area (Å²) in [6.07, 6.45) is 0. The van der Waals surface area contributed by atoms with Gasteiger partial charge in [-0.2, -0.15) is 0 Å². The molecule has 2 N–H and O–H groups in total. The number of nitrogens with one attached hydrogen (secondary N) is 2. The predicted octanol–water partition coefficient (Wildman–Crippen LogP) is 1.91. The topological polar surface area (TPSA) is 40.7 Å². The number of rotatable bonds is 3. The van der Waals surface area contributed by atoms with Gasteiger partial charge >= 0.3 is 0 Å². The normalized spacial score (nSPS) is 11.1. The average Bonchev–Trinajstić information content (AvgIpc) is 2.32. The molecule has 0 aromatic carbocycles. The second-order valence-electron chi connectivity index (χ2n) is 3.07. The van der Waals surface area contributed by atoms with Gasteiger partial charge in [0.25, 0.3) is 0 Å². The quantitative estimate of drug-likeness (QED) is 0.759. The molecule has 0 saturated carbocycles. The van der Waals surface area contributed by atoms with Gasteiger partial charge in [0.2, 0.25) is 0 Å². The van der Waals surface area contributed by atoms with Crippen molar-refractivity contribution >= 4 is 11.6 Å². The Morgan fingerprint density at radius 2 is 2.25 bits per heavy atom. The Morgan fingerprint density at radius 1 is 1.58 bits per heavy atom. The highest BCUT2D eigenvalue weighted by molar-refractivity contribution is 6.30. The lowest BCUT2D eigenvalue weighted by molar-refractivity contribution is 0.758. The van der Waals surface area contributed by atoms with Crippen LogP contribution in [-0.4, -0.2) is 17.0 Å². The largest absolute Gasteiger partial charge is 0.343 e. The first-order valence-corrected chi connectivity index (χ1v) is 4.41. The fourth-order valence-corrected chi connectivity index (χ4v) is 1.41. The molecule has 0 fully saturated rings. The molecule has 1 aromatic heterocycles. The molecule has 1 rings (SSSR count). The molecule has 3 nitrogen and oxygen atoms in total. The number of aromatic nitrogens is 2. The number of nitrogens with zero attached hydrogens (tertiary/aromatic N) is 1. The zero-order valence-electron chi connectivity index (χ0n) is 7.61. The number of hydrogen-bond acceptors (Lipinski definition) is 2. The van der Waals surface area contributed by atoms with Crippen molar-refractivity contribution < 1.29 is 0 Å². The van der Waals surface area contributed by atoms with Gasteiger partial charge in [0, 0.05) is 0 Å². The molecule has 0 aliphatic heterocycles. The molecule has 0 amide bonds. The van der Waals surface area contributed by atoms with E-state index in [2.05, 4.69) is 29.1 Å². The molecule has 0 atom stereocenters. The van der Waals surface area contributed by atoms with Crippen LogP contribution in [0.4, 0.5) is 0 Å². The Hall–Kier alpha value is -0.540. The maximum atomic E-state index is 5.91. The molecule has 0 spiro atoms. The summed E-state index contributed by atoms with van der Waals surface area (Å²) in [5.74, 6) is 1.29. The summed E-state index contributed by atoms with van der Waals surface area (Å²) in [7, 11) is 1.88. The third-order valence-electron chi connectivity index (χ3n) is 1.66. The Morgan fingerprint density at radius 3 is 2.67 bits per heavy atom. The summed E-state index contributed by atoms with van der Waals surface area (Å²) >= 11 is 5.91. The van der Waals surface area contributed by atoms with Crippen LogP contribution < -0.4 is 5.32 Å². The fourth-order valence-electron chi connectivity index (χ4n) is 1.05. The summed E-state index contributed by atoms with van der Waals surface area (Å²) in [6, 6.07) is 0. The van der Waals surface area contributed by atoms with Crippen molar-refractivity contribution in [2.45, 2.75) is 26.3 Å². The molecule has 0 unspecified atom stereocenters. The Bertz CT molecular complexity index is 255. The second-order valence-corrected chi connectivity index (χ2v) is 3.43. The summed E-state index contributed by atoms with van der Waals surface area (Å²) < 4.78 is 0. The molecule has 0 aliphatic carbocycles. The molecular formula is C8H14ClN3. The van der Waals surface area contributed by atoms with E-state index in [0.29, 0.717) is 11.1 Å². The van der Waals surface area contributed by atoms with Crippen LogP contribution in [0.15, 0.2) is 0 Å². The van der Waals surface area contributed by atoms with Crippen LogP contribution in [0.25, 0.3) is 0 Å². The molecule has 4 heteroatoms. The van der Waals surface area contributed by atoms with E-state index in [4.69, 9.17) is 11.6 Å². The van der Waals surface area contributed by atoms with Crippen LogP contribution in [0.2, 0.25) is 5.15 Å². The van der Waals surface area contributed by atoms with Crippen LogP contribution in [0.5, 0.6) is 0 Å². The smallest absolute Gasteiger partial charge is 0.150 e. The molecule has 0 aliphatic rings. The van der Waals surface area contributed by atoms with E-state index < -0.39 is 0 Å². The lowest BCUT2D eigenvalue weighted by Crippen LogP contribution is -2.06. The molecule has 1 aromatic rings. The maximum absolute atomic E-state index is 5.91. The number of H-pyrrole nitrogens is 1. The van der Waals surface area contributed by atoms with Gasteiger partial charge in [0.1, 0.15) is 5.82 Å². The maximum Gasteiger partial charge on any atom is 0.150 e. The average molecular weight is 188 g/mol. The number of halogens is 1. The lowest BCUT2D eigenvalue weighted by atomic mass is 10.2. The first-order chi connectivity index (χ1) is 5.65. The predicted molar refractivity (Wildman–Crippen MR) is 50.5 cm³/mol. The van der Waals surface area contributed by atoms with Gasteiger partial charge in [-0.25, -0.2) is 4.98 Å². The zero-order chi connectivity index (χ0) is 9.14. The van der Waals surface area contributed by atoms with Gasteiger partial charge in [-0.3, -0.25) is 0 Å². The molecule has 0 saturated heterocycles. The van der Waals surface area contributed by atoms with E-state index in [-0.39, 0.29) is 0 Å². The van der Waals surface area contributed by atoms with E-state index in [1.165, 1.54) is 0 Å². The van der Waals surface area contributed by atoms with Gasteiger partial charge in [0.15, 0.2) is 5.15 Å². The van der Waals surface area contributed by atoms with E-state index in [9.17, 15) is 0 Å². The third-order valence-corrected chi connectivity index (χ3v) is 1.94. The molecule has 68 valence electrons. The van der Waals surface area contributed by atoms with Crippen LogP contribution >= 0.6 is 11.6 Å². The van der Waals surface area contributed by atoms with Gasteiger partial charge < -0.3 is 10.3 Å². The Labute approximate surface area is 77.5 Å². The van der Waals surface area contributed by atoms with Crippen LogP contribution in [-0.2, 0) is 6.54 Å². The monoisotopic (exact) mass is 187 g/mol. The number of imidazole rings is 1. The van der Waals surface area contributed by atoms with Crippen molar-refractivity contribution in [1.29, 1.82) is 0 Å². The Balaban J connectivity index is 2.85. The van der Waals surface area contributed by atoms with E-state index in [1.807, 2.05) is 7.05 Å². The summed E-state index contributed by atoms with van der Waals surface area (Å²) in [5.41, 5.74) is 1.02. The van der Waals surface area contributed by atoms with Crippen molar-refractivity contribution in [3.63, 3.8) is 0 Å². The second kappa shape index (κ2) is 3.92. The minimum atomic E-state index is 0.399. The van der Waals surface area contributed by atoms with Crippen LogP contribution in [0.3, 0.4) is 0 Å². The SMILES string of the molecule is CNCc1nc(Cl)c(C(C)C)[nH]1. The van der Waals surface area contributed by atoms with E-state index >= 15 is 0 Å². The van der Waals surface area contributed by atoms with Gasteiger partial charge in [-0.05, 0) is 13.0 Å². The van der Waals surface area contributed by atoms with Crippen molar-refractivity contribution in [1.82, 2.24) is 15.3 Å².